The first-order valence-electron chi connectivity index (χ1n) is 5.98. The van der Waals surface area contributed by atoms with Gasteiger partial charge in [0, 0.05) is 32.9 Å². The summed E-state index contributed by atoms with van der Waals surface area (Å²) in [6.07, 6.45) is 3.84. The summed E-state index contributed by atoms with van der Waals surface area (Å²) in [7, 11) is 3.67. The van der Waals surface area contributed by atoms with Gasteiger partial charge in [0.05, 0.1) is 11.3 Å². The van der Waals surface area contributed by atoms with Crippen LogP contribution in [0.15, 0.2) is 6.20 Å². The van der Waals surface area contributed by atoms with Crippen molar-refractivity contribution in [2.45, 2.75) is 25.8 Å². The summed E-state index contributed by atoms with van der Waals surface area (Å²) in [5, 5.41) is 4.19. The number of amides is 1. The maximum atomic E-state index is 12.2. The summed E-state index contributed by atoms with van der Waals surface area (Å²) in [6.45, 7) is 2.65. The molecule has 2 rings (SSSR count). The molecule has 1 aromatic rings. The third-order valence-electron chi connectivity index (χ3n) is 3.39. The van der Waals surface area contributed by atoms with Gasteiger partial charge in [-0.1, -0.05) is 0 Å². The van der Waals surface area contributed by atoms with Gasteiger partial charge in [0.25, 0.3) is 5.91 Å². The second kappa shape index (κ2) is 4.49. The molecule has 17 heavy (non-hydrogen) atoms. The molecule has 1 aromatic heterocycles. The van der Waals surface area contributed by atoms with Crippen LogP contribution in [0, 0.1) is 12.8 Å². The molecule has 2 N–H and O–H groups in total. The van der Waals surface area contributed by atoms with Crippen LogP contribution in [-0.2, 0) is 7.05 Å². The quantitative estimate of drug-likeness (QED) is 0.833. The normalized spacial score (nSPS) is 23.3. The van der Waals surface area contributed by atoms with E-state index in [4.69, 9.17) is 5.73 Å². The minimum absolute atomic E-state index is 0.0519. The van der Waals surface area contributed by atoms with Crippen LogP contribution in [0.1, 0.15) is 28.9 Å². The molecule has 0 unspecified atom stereocenters. The van der Waals surface area contributed by atoms with Crippen LogP contribution in [0.2, 0.25) is 0 Å². The molecule has 0 aromatic carbocycles. The van der Waals surface area contributed by atoms with E-state index >= 15 is 0 Å². The zero-order chi connectivity index (χ0) is 12.6. The van der Waals surface area contributed by atoms with Crippen molar-refractivity contribution in [1.29, 1.82) is 0 Å². The van der Waals surface area contributed by atoms with Crippen molar-refractivity contribution in [3.63, 3.8) is 0 Å². The van der Waals surface area contributed by atoms with Crippen molar-refractivity contribution >= 4 is 5.91 Å². The van der Waals surface area contributed by atoms with E-state index in [0.717, 1.165) is 25.1 Å². The lowest BCUT2D eigenvalue weighted by Crippen LogP contribution is -2.43. The summed E-state index contributed by atoms with van der Waals surface area (Å²) in [5.41, 5.74) is 7.22. The average Bonchev–Trinajstić information content (AvgIpc) is 2.54. The van der Waals surface area contributed by atoms with Crippen molar-refractivity contribution < 1.29 is 4.79 Å². The van der Waals surface area contributed by atoms with Gasteiger partial charge >= 0.3 is 0 Å². The predicted molar refractivity (Wildman–Crippen MR) is 65.6 cm³/mol. The molecule has 0 atom stereocenters. The fraction of sp³-hybridized carbons (Fsp3) is 0.667. The van der Waals surface area contributed by atoms with E-state index in [-0.39, 0.29) is 5.91 Å². The van der Waals surface area contributed by atoms with Gasteiger partial charge in [0.1, 0.15) is 0 Å². The molecule has 5 heteroatoms. The van der Waals surface area contributed by atoms with Gasteiger partial charge in [-0.3, -0.25) is 9.48 Å². The number of nitrogens with two attached hydrogens (primary N) is 1. The van der Waals surface area contributed by atoms with Crippen molar-refractivity contribution in [1.82, 2.24) is 14.7 Å². The Hall–Kier alpha value is -1.36. The largest absolute Gasteiger partial charge is 0.341 e. The van der Waals surface area contributed by atoms with E-state index in [1.165, 1.54) is 0 Å². The SMILES string of the molecule is Cc1nn(C)cc1C(=O)N(C)CC1CC(N)C1. The molecular weight excluding hydrogens is 216 g/mol. The summed E-state index contributed by atoms with van der Waals surface area (Å²) in [6, 6.07) is 0.337. The molecule has 0 radical (unpaired) electrons. The highest BCUT2D eigenvalue weighted by Crippen LogP contribution is 2.26. The van der Waals surface area contributed by atoms with E-state index < -0.39 is 0 Å². The van der Waals surface area contributed by atoms with Gasteiger partial charge in [-0.05, 0) is 25.7 Å². The van der Waals surface area contributed by atoms with Crippen LogP contribution in [-0.4, -0.2) is 40.2 Å². The minimum Gasteiger partial charge on any atom is -0.341 e. The number of aromatic nitrogens is 2. The van der Waals surface area contributed by atoms with Gasteiger partial charge in [-0.15, -0.1) is 0 Å². The van der Waals surface area contributed by atoms with Crippen LogP contribution in [0.3, 0.4) is 0 Å². The van der Waals surface area contributed by atoms with Crippen LogP contribution >= 0.6 is 0 Å². The van der Waals surface area contributed by atoms with Crippen molar-refractivity contribution in [2.75, 3.05) is 13.6 Å². The van der Waals surface area contributed by atoms with Gasteiger partial charge in [0.2, 0.25) is 0 Å². The highest BCUT2D eigenvalue weighted by atomic mass is 16.2. The number of carbonyl (C=O) groups is 1. The van der Waals surface area contributed by atoms with Gasteiger partial charge < -0.3 is 10.6 Å². The van der Waals surface area contributed by atoms with Crippen molar-refractivity contribution in [2.24, 2.45) is 18.7 Å². The van der Waals surface area contributed by atoms with E-state index in [1.807, 2.05) is 21.0 Å². The molecule has 1 amide bonds. The van der Waals surface area contributed by atoms with Gasteiger partial charge in [-0.2, -0.15) is 5.10 Å². The summed E-state index contributed by atoms with van der Waals surface area (Å²) in [5.74, 6) is 0.618. The molecule has 1 aliphatic rings. The lowest BCUT2D eigenvalue weighted by Gasteiger charge is -2.35. The minimum atomic E-state index is 0.0519. The highest BCUT2D eigenvalue weighted by molar-refractivity contribution is 5.94. The molecule has 94 valence electrons. The Kier molecular flexibility index (Phi) is 3.19. The first-order chi connectivity index (χ1) is 7.97. The highest BCUT2D eigenvalue weighted by Gasteiger charge is 2.28. The maximum Gasteiger partial charge on any atom is 0.257 e. The summed E-state index contributed by atoms with van der Waals surface area (Å²) in [4.78, 5) is 14.0. The predicted octanol–water partition coefficient (Wildman–Crippen LogP) is 0.538. The van der Waals surface area contributed by atoms with Crippen LogP contribution in [0.5, 0.6) is 0 Å². The smallest absolute Gasteiger partial charge is 0.257 e. The lowest BCUT2D eigenvalue weighted by molar-refractivity contribution is 0.0733. The Morgan fingerprint density at radius 3 is 2.76 bits per heavy atom. The molecule has 5 nitrogen and oxygen atoms in total. The summed E-state index contributed by atoms with van der Waals surface area (Å²) < 4.78 is 1.68. The number of hydrogen-bond acceptors (Lipinski definition) is 3. The Bertz CT molecular complexity index is 420. The van der Waals surface area contributed by atoms with E-state index in [1.54, 1.807) is 15.8 Å². The van der Waals surface area contributed by atoms with Gasteiger partial charge in [0.15, 0.2) is 0 Å². The third kappa shape index (κ3) is 2.49. The van der Waals surface area contributed by atoms with Gasteiger partial charge in [-0.25, -0.2) is 0 Å². The van der Waals surface area contributed by atoms with Crippen molar-refractivity contribution in [3.8, 4) is 0 Å². The van der Waals surface area contributed by atoms with E-state index in [2.05, 4.69) is 5.10 Å². The third-order valence-corrected chi connectivity index (χ3v) is 3.39. The average molecular weight is 236 g/mol. The molecule has 0 bridgehead atoms. The van der Waals surface area contributed by atoms with Crippen LogP contribution in [0.4, 0.5) is 0 Å². The Morgan fingerprint density at radius 1 is 1.65 bits per heavy atom. The second-order valence-electron chi connectivity index (χ2n) is 5.09. The van der Waals surface area contributed by atoms with E-state index in [9.17, 15) is 4.79 Å². The van der Waals surface area contributed by atoms with E-state index in [0.29, 0.717) is 17.5 Å². The zero-order valence-corrected chi connectivity index (χ0v) is 10.7. The van der Waals surface area contributed by atoms with Crippen LogP contribution in [0.25, 0.3) is 0 Å². The number of nitrogens with zero attached hydrogens (tertiary/aromatic N) is 3. The van der Waals surface area contributed by atoms with Crippen LogP contribution < -0.4 is 5.73 Å². The fourth-order valence-electron chi connectivity index (χ4n) is 2.42. The molecule has 1 aliphatic carbocycles. The zero-order valence-electron chi connectivity index (χ0n) is 10.7. The number of aryl methyl sites for hydroxylation is 2. The molecular formula is C12H20N4O. The first-order valence-corrected chi connectivity index (χ1v) is 5.98. The maximum absolute atomic E-state index is 12.2. The molecule has 0 aliphatic heterocycles. The number of carbonyl (C=O) groups excluding carboxylic acids is 1. The first kappa shape index (κ1) is 12.1. The molecule has 0 spiro atoms. The lowest BCUT2D eigenvalue weighted by atomic mass is 9.80. The Balaban J connectivity index is 1.97. The molecule has 1 saturated carbocycles. The molecule has 1 fully saturated rings. The monoisotopic (exact) mass is 236 g/mol. The second-order valence-corrected chi connectivity index (χ2v) is 5.09. The molecule has 1 heterocycles. The standard InChI is InChI=1S/C12H20N4O/c1-8-11(7-16(3)14-8)12(17)15(2)6-9-4-10(13)5-9/h7,9-10H,4-6,13H2,1-3H3. The molecule has 0 saturated heterocycles. The summed E-state index contributed by atoms with van der Waals surface area (Å²) >= 11 is 0. The number of hydrogen-bond donors (Lipinski definition) is 1. The number of rotatable bonds is 3. The Labute approximate surface area is 102 Å². The Morgan fingerprint density at radius 2 is 2.29 bits per heavy atom. The fourth-order valence-corrected chi connectivity index (χ4v) is 2.42. The van der Waals surface area contributed by atoms with Crippen molar-refractivity contribution in [3.05, 3.63) is 17.5 Å². The topological polar surface area (TPSA) is 64.2 Å².